The highest BCUT2D eigenvalue weighted by atomic mass is 16.5. The van der Waals surface area contributed by atoms with Crippen LogP contribution in [0.4, 0.5) is 0 Å². The highest BCUT2D eigenvalue weighted by Crippen LogP contribution is 2.31. The minimum atomic E-state index is -1.13. The standard InChI is InChI=1S/C11H11NO4/c1-7(6-12)16-10-8(11(13)14)4-3-5-9(10)15-2/h3-5,7H,1-2H3,(H,13,14). The molecule has 0 heterocycles. The molecular weight excluding hydrogens is 210 g/mol. The van der Waals surface area contributed by atoms with Crippen molar-refractivity contribution in [2.45, 2.75) is 13.0 Å². The van der Waals surface area contributed by atoms with Crippen LogP contribution in [0.3, 0.4) is 0 Å². The number of rotatable bonds is 4. The lowest BCUT2D eigenvalue weighted by Gasteiger charge is -2.13. The van der Waals surface area contributed by atoms with Crippen LogP contribution in [0, 0.1) is 11.3 Å². The number of methoxy groups -OCH3 is 1. The zero-order valence-electron chi connectivity index (χ0n) is 8.93. The Morgan fingerprint density at radius 3 is 2.75 bits per heavy atom. The fourth-order valence-electron chi connectivity index (χ4n) is 1.17. The summed E-state index contributed by atoms with van der Waals surface area (Å²) in [5.41, 5.74) is -0.0264. The second-order valence-electron chi connectivity index (χ2n) is 3.03. The Hall–Kier alpha value is -2.22. The summed E-state index contributed by atoms with van der Waals surface area (Å²) in [5.74, 6) is -0.757. The van der Waals surface area contributed by atoms with Gasteiger partial charge in [0, 0.05) is 0 Å². The first-order valence-corrected chi connectivity index (χ1v) is 4.56. The van der Waals surface area contributed by atoms with E-state index in [1.165, 1.54) is 20.1 Å². The van der Waals surface area contributed by atoms with E-state index >= 15 is 0 Å². The van der Waals surface area contributed by atoms with Crippen molar-refractivity contribution in [3.05, 3.63) is 23.8 Å². The first kappa shape index (κ1) is 11.9. The van der Waals surface area contributed by atoms with Crippen LogP contribution in [0.25, 0.3) is 0 Å². The number of benzene rings is 1. The Labute approximate surface area is 92.8 Å². The quantitative estimate of drug-likeness (QED) is 0.836. The second-order valence-corrected chi connectivity index (χ2v) is 3.03. The third-order valence-electron chi connectivity index (χ3n) is 1.91. The number of hydrogen-bond acceptors (Lipinski definition) is 4. The number of carboxylic acid groups (broad SMARTS) is 1. The molecule has 1 N–H and O–H groups in total. The lowest BCUT2D eigenvalue weighted by molar-refractivity contribution is 0.0690. The van der Waals surface area contributed by atoms with E-state index in [9.17, 15) is 4.79 Å². The van der Waals surface area contributed by atoms with E-state index in [4.69, 9.17) is 19.8 Å². The van der Waals surface area contributed by atoms with Gasteiger partial charge in [0.25, 0.3) is 0 Å². The monoisotopic (exact) mass is 221 g/mol. The second kappa shape index (κ2) is 5.03. The Morgan fingerprint density at radius 1 is 1.56 bits per heavy atom. The van der Waals surface area contributed by atoms with Crippen molar-refractivity contribution >= 4 is 5.97 Å². The maximum atomic E-state index is 10.9. The fourth-order valence-corrected chi connectivity index (χ4v) is 1.17. The molecule has 5 heteroatoms. The molecule has 1 aromatic carbocycles. The van der Waals surface area contributed by atoms with Gasteiger partial charge in [0.15, 0.2) is 17.6 Å². The Balaban J connectivity index is 3.20. The molecule has 1 unspecified atom stereocenters. The molecular formula is C11H11NO4. The number of carboxylic acids is 1. The number of nitrogens with zero attached hydrogens (tertiary/aromatic N) is 1. The molecule has 84 valence electrons. The average molecular weight is 221 g/mol. The van der Waals surface area contributed by atoms with Gasteiger partial charge in [-0.2, -0.15) is 5.26 Å². The number of para-hydroxylation sites is 1. The van der Waals surface area contributed by atoms with Gasteiger partial charge in [-0.3, -0.25) is 0 Å². The molecule has 0 fully saturated rings. The molecule has 0 bridgehead atoms. The Kier molecular flexibility index (Phi) is 3.72. The normalized spacial score (nSPS) is 11.3. The van der Waals surface area contributed by atoms with Crippen molar-refractivity contribution in [2.75, 3.05) is 7.11 Å². The molecule has 0 spiro atoms. The lowest BCUT2D eigenvalue weighted by atomic mass is 10.2. The van der Waals surface area contributed by atoms with Gasteiger partial charge in [-0.05, 0) is 19.1 Å². The van der Waals surface area contributed by atoms with Crippen LogP contribution in [0.15, 0.2) is 18.2 Å². The highest BCUT2D eigenvalue weighted by molar-refractivity contribution is 5.92. The summed E-state index contributed by atoms with van der Waals surface area (Å²) >= 11 is 0. The van der Waals surface area contributed by atoms with Crippen LogP contribution < -0.4 is 9.47 Å². The van der Waals surface area contributed by atoms with E-state index in [1.54, 1.807) is 12.1 Å². The molecule has 1 aromatic rings. The molecule has 0 aromatic heterocycles. The van der Waals surface area contributed by atoms with Crippen molar-refractivity contribution in [1.82, 2.24) is 0 Å². The van der Waals surface area contributed by atoms with Crippen molar-refractivity contribution in [3.8, 4) is 17.6 Å². The molecule has 0 aliphatic rings. The zero-order chi connectivity index (χ0) is 12.1. The molecule has 0 aliphatic carbocycles. The van der Waals surface area contributed by atoms with Crippen molar-refractivity contribution < 1.29 is 19.4 Å². The van der Waals surface area contributed by atoms with E-state index in [-0.39, 0.29) is 11.3 Å². The number of hydrogen-bond donors (Lipinski definition) is 1. The SMILES string of the molecule is COc1cccc(C(=O)O)c1OC(C)C#N. The van der Waals surface area contributed by atoms with Crippen LogP contribution >= 0.6 is 0 Å². The van der Waals surface area contributed by atoms with Gasteiger partial charge in [0.05, 0.1) is 7.11 Å². The minimum Gasteiger partial charge on any atom is -0.493 e. The van der Waals surface area contributed by atoms with Gasteiger partial charge < -0.3 is 14.6 Å². The maximum Gasteiger partial charge on any atom is 0.339 e. The fraction of sp³-hybridized carbons (Fsp3) is 0.273. The molecule has 0 saturated carbocycles. The predicted molar refractivity (Wildman–Crippen MR) is 55.7 cm³/mol. The van der Waals surface area contributed by atoms with Crippen molar-refractivity contribution in [3.63, 3.8) is 0 Å². The molecule has 0 radical (unpaired) electrons. The molecule has 16 heavy (non-hydrogen) atoms. The number of ether oxygens (including phenoxy) is 2. The van der Waals surface area contributed by atoms with E-state index in [0.717, 1.165) is 0 Å². The molecule has 0 amide bonds. The van der Waals surface area contributed by atoms with Crippen LogP contribution in [0.5, 0.6) is 11.5 Å². The zero-order valence-corrected chi connectivity index (χ0v) is 8.93. The average Bonchev–Trinajstić information content (AvgIpc) is 2.28. The summed E-state index contributed by atoms with van der Waals surface area (Å²) in [5, 5.41) is 17.6. The Bertz CT molecular complexity index is 436. The van der Waals surface area contributed by atoms with Crippen LogP contribution in [0.2, 0.25) is 0 Å². The van der Waals surface area contributed by atoms with Gasteiger partial charge in [-0.15, -0.1) is 0 Å². The smallest absolute Gasteiger partial charge is 0.339 e. The van der Waals surface area contributed by atoms with Gasteiger partial charge in [0.2, 0.25) is 0 Å². The maximum absolute atomic E-state index is 10.9. The van der Waals surface area contributed by atoms with Gasteiger partial charge in [0.1, 0.15) is 11.6 Å². The van der Waals surface area contributed by atoms with E-state index in [2.05, 4.69) is 0 Å². The Morgan fingerprint density at radius 2 is 2.25 bits per heavy atom. The van der Waals surface area contributed by atoms with Gasteiger partial charge in [-0.1, -0.05) is 6.07 Å². The van der Waals surface area contributed by atoms with E-state index < -0.39 is 12.1 Å². The molecule has 0 aliphatic heterocycles. The van der Waals surface area contributed by atoms with Crippen molar-refractivity contribution in [2.24, 2.45) is 0 Å². The van der Waals surface area contributed by atoms with Crippen LogP contribution in [0.1, 0.15) is 17.3 Å². The molecule has 0 saturated heterocycles. The number of aromatic carboxylic acids is 1. The summed E-state index contributed by atoms with van der Waals surface area (Å²) < 4.78 is 10.2. The largest absolute Gasteiger partial charge is 0.493 e. The first-order valence-electron chi connectivity index (χ1n) is 4.56. The summed E-state index contributed by atoms with van der Waals surface area (Å²) in [4.78, 5) is 10.9. The third kappa shape index (κ3) is 2.42. The van der Waals surface area contributed by atoms with E-state index in [1.807, 2.05) is 6.07 Å². The van der Waals surface area contributed by atoms with Gasteiger partial charge in [-0.25, -0.2) is 4.79 Å². The molecule has 1 atom stereocenters. The van der Waals surface area contributed by atoms with Crippen LogP contribution in [-0.2, 0) is 0 Å². The summed E-state index contributed by atoms with van der Waals surface area (Å²) in [6.45, 7) is 1.53. The molecule has 1 rings (SSSR count). The summed E-state index contributed by atoms with van der Waals surface area (Å²) in [6.07, 6.45) is -0.741. The van der Waals surface area contributed by atoms with Crippen molar-refractivity contribution in [1.29, 1.82) is 5.26 Å². The predicted octanol–water partition coefficient (Wildman–Crippen LogP) is 1.68. The summed E-state index contributed by atoms with van der Waals surface area (Å²) in [7, 11) is 1.41. The summed E-state index contributed by atoms with van der Waals surface area (Å²) in [6, 6.07) is 6.38. The van der Waals surface area contributed by atoms with Gasteiger partial charge >= 0.3 is 5.97 Å². The van der Waals surface area contributed by atoms with Crippen LogP contribution in [-0.4, -0.2) is 24.3 Å². The minimum absolute atomic E-state index is 0.0264. The first-order chi connectivity index (χ1) is 7.60. The third-order valence-corrected chi connectivity index (χ3v) is 1.91. The molecule has 5 nitrogen and oxygen atoms in total. The number of nitriles is 1. The topological polar surface area (TPSA) is 79.6 Å². The van der Waals surface area contributed by atoms with E-state index in [0.29, 0.717) is 5.75 Å². The lowest BCUT2D eigenvalue weighted by Crippen LogP contribution is -2.12. The highest BCUT2D eigenvalue weighted by Gasteiger charge is 2.18. The number of carbonyl (C=O) groups is 1.